The van der Waals surface area contributed by atoms with E-state index < -0.39 is 0 Å². The van der Waals surface area contributed by atoms with Crippen molar-refractivity contribution in [3.8, 4) is 0 Å². The Bertz CT molecular complexity index is 346. The Morgan fingerprint density at radius 3 is 2.18 bits per heavy atom. The van der Waals surface area contributed by atoms with Crippen molar-refractivity contribution in [3.05, 3.63) is 0 Å². The van der Waals surface area contributed by atoms with Crippen molar-refractivity contribution < 1.29 is 4.79 Å². The van der Waals surface area contributed by atoms with E-state index in [2.05, 4.69) is 35.9 Å². The number of nitrogens with one attached hydrogen (secondary N) is 1. The minimum atomic E-state index is 0.167. The van der Waals surface area contributed by atoms with Crippen molar-refractivity contribution in [3.63, 3.8) is 0 Å². The lowest BCUT2D eigenvalue weighted by atomic mass is 10.3. The molecule has 1 N–H and O–H groups in total. The van der Waals surface area contributed by atoms with Crippen LogP contribution in [-0.4, -0.2) is 85.5 Å². The van der Waals surface area contributed by atoms with E-state index in [4.69, 9.17) is 4.99 Å². The fourth-order valence-electron chi connectivity index (χ4n) is 2.68. The highest BCUT2D eigenvalue weighted by molar-refractivity contribution is 5.80. The zero-order valence-corrected chi connectivity index (χ0v) is 14.8. The summed E-state index contributed by atoms with van der Waals surface area (Å²) in [6, 6.07) is 0. The second-order valence-corrected chi connectivity index (χ2v) is 5.61. The summed E-state index contributed by atoms with van der Waals surface area (Å²) in [4.78, 5) is 22.7. The highest BCUT2D eigenvalue weighted by Crippen LogP contribution is 2.03. The molecule has 0 aromatic heterocycles. The van der Waals surface area contributed by atoms with E-state index >= 15 is 0 Å². The SMILES string of the molecule is CCNC(=NCCCN(CC)CC)N1CCN(C(C)=O)CC1. The Morgan fingerprint density at radius 1 is 1.09 bits per heavy atom. The number of hydrogen-bond acceptors (Lipinski definition) is 3. The van der Waals surface area contributed by atoms with Crippen molar-refractivity contribution >= 4 is 11.9 Å². The molecule has 1 heterocycles. The molecule has 128 valence electrons. The first-order valence-corrected chi connectivity index (χ1v) is 8.63. The van der Waals surface area contributed by atoms with Gasteiger partial charge in [0.05, 0.1) is 0 Å². The Labute approximate surface area is 135 Å². The molecule has 0 radical (unpaired) electrons. The number of hydrogen-bond donors (Lipinski definition) is 1. The number of rotatable bonds is 7. The summed E-state index contributed by atoms with van der Waals surface area (Å²) < 4.78 is 0. The third-order valence-corrected chi connectivity index (χ3v) is 4.15. The van der Waals surface area contributed by atoms with Crippen LogP contribution >= 0.6 is 0 Å². The van der Waals surface area contributed by atoms with Crippen LogP contribution in [0.4, 0.5) is 0 Å². The summed E-state index contributed by atoms with van der Waals surface area (Å²) in [5.41, 5.74) is 0. The van der Waals surface area contributed by atoms with Crippen molar-refractivity contribution in [2.75, 3.05) is 58.9 Å². The summed E-state index contributed by atoms with van der Waals surface area (Å²) in [5, 5.41) is 3.37. The zero-order valence-electron chi connectivity index (χ0n) is 14.8. The molecule has 0 unspecified atom stereocenters. The summed E-state index contributed by atoms with van der Waals surface area (Å²) in [6.07, 6.45) is 1.09. The number of guanidine groups is 1. The fourth-order valence-corrected chi connectivity index (χ4v) is 2.68. The first-order chi connectivity index (χ1) is 10.6. The lowest BCUT2D eigenvalue weighted by molar-refractivity contribution is -0.130. The molecule has 6 nitrogen and oxygen atoms in total. The van der Waals surface area contributed by atoms with E-state index in [-0.39, 0.29) is 5.91 Å². The average Bonchev–Trinajstić information content (AvgIpc) is 2.54. The molecule has 0 aliphatic carbocycles. The molecule has 0 aromatic carbocycles. The molecule has 0 saturated carbocycles. The molecule has 1 saturated heterocycles. The molecular formula is C16H33N5O. The molecule has 6 heteroatoms. The first kappa shape index (κ1) is 18.7. The molecule has 22 heavy (non-hydrogen) atoms. The van der Waals surface area contributed by atoms with Gasteiger partial charge in [-0.2, -0.15) is 0 Å². The van der Waals surface area contributed by atoms with E-state index in [1.165, 1.54) is 0 Å². The monoisotopic (exact) mass is 311 g/mol. The van der Waals surface area contributed by atoms with Crippen molar-refractivity contribution in [1.29, 1.82) is 0 Å². The maximum absolute atomic E-state index is 11.4. The normalized spacial score (nSPS) is 16.3. The number of aliphatic imine (C=N–C) groups is 1. The zero-order chi connectivity index (χ0) is 16.4. The standard InChI is InChI=1S/C16H33N5O/c1-5-17-16(18-9-8-10-19(6-2)7-3)21-13-11-20(12-14-21)15(4)22/h5-14H2,1-4H3,(H,17,18). The van der Waals surface area contributed by atoms with Gasteiger partial charge in [-0.25, -0.2) is 0 Å². The van der Waals surface area contributed by atoms with Gasteiger partial charge in [-0.3, -0.25) is 9.79 Å². The second kappa shape index (κ2) is 10.4. The quantitative estimate of drug-likeness (QED) is 0.430. The third-order valence-electron chi connectivity index (χ3n) is 4.15. The lowest BCUT2D eigenvalue weighted by Gasteiger charge is -2.36. The van der Waals surface area contributed by atoms with Crippen LogP contribution in [0.1, 0.15) is 34.1 Å². The van der Waals surface area contributed by atoms with Crippen LogP contribution in [0.3, 0.4) is 0 Å². The van der Waals surface area contributed by atoms with Gasteiger partial charge >= 0.3 is 0 Å². The Hall–Kier alpha value is -1.30. The third kappa shape index (κ3) is 6.22. The average molecular weight is 311 g/mol. The van der Waals surface area contributed by atoms with Gasteiger partial charge in [-0.05, 0) is 33.0 Å². The first-order valence-electron chi connectivity index (χ1n) is 8.63. The van der Waals surface area contributed by atoms with E-state index in [0.717, 1.165) is 71.3 Å². The summed E-state index contributed by atoms with van der Waals surface area (Å²) >= 11 is 0. The van der Waals surface area contributed by atoms with Crippen LogP contribution in [-0.2, 0) is 4.79 Å². The van der Waals surface area contributed by atoms with E-state index in [0.29, 0.717) is 0 Å². The minimum Gasteiger partial charge on any atom is -0.357 e. The van der Waals surface area contributed by atoms with Gasteiger partial charge in [0.25, 0.3) is 0 Å². The van der Waals surface area contributed by atoms with Gasteiger partial charge in [0.1, 0.15) is 0 Å². The Kier molecular flexibility index (Phi) is 8.89. The highest BCUT2D eigenvalue weighted by atomic mass is 16.2. The van der Waals surface area contributed by atoms with E-state index in [1.807, 2.05) is 4.90 Å². The van der Waals surface area contributed by atoms with Gasteiger partial charge in [0, 0.05) is 46.2 Å². The summed E-state index contributed by atoms with van der Waals surface area (Å²) in [5.74, 6) is 1.16. The van der Waals surface area contributed by atoms with Crippen LogP contribution in [0, 0.1) is 0 Å². The molecule has 1 amide bonds. The van der Waals surface area contributed by atoms with Gasteiger partial charge in [0.15, 0.2) is 5.96 Å². The molecule has 0 spiro atoms. The maximum Gasteiger partial charge on any atom is 0.219 e. The summed E-state index contributed by atoms with van der Waals surface area (Å²) in [6.45, 7) is 16.5. The predicted octanol–water partition coefficient (Wildman–Crippen LogP) is 0.848. The fraction of sp³-hybridized carbons (Fsp3) is 0.875. The lowest BCUT2D eigenvalue weighted by Crippen LogP contribution is -2.53. The van der Waals surface area contributed by atoms with E-state index in [1.54, 1.807) is 6.92 Å². The van der Waals surface area contributed by atoms with Crippen molar-refractivity contribution in [1.82, 2.24) is 20.0 Å². The second-order valence-electron chi connectivity index (χ2n) is 5.61. The smallest absolute Gasteiger partial charge is 0.219 e. The minimum absolute atomic E-state index is 0.167. The largest absolute Gasteiger partial charge is 0.357 e. The Morgan fingerprint density at radius 2 is 1.68 bits per heavy atom. The topological polar surface area (TPSA) is 51.2 Å². The maximum atomic E-state index is 11.4. The van der Waals surface area contributed by atoms with E-state index in [9.17, 15) is 4.79 Å². The predicted molar refractivity (Wildman–Crippen MR) is 92.2 cm³/mol. The number of nitrogens with zero attached hydrogens (tertiary/aromatic N) is 4. The van der Waals surface area contributed by atoms with Gasteiger partial charge in [-0.1, -0.05) is 13.8 Å². The molecule has 1 aliphatic heterocycles. The number of piperazine rings is 1. The molecule has 0 aromatic rings. The van der Waals surface area contributed by atoms with Crippen LogP contribution in [0.5, 0.6) is 0 Å². The van der Waals surface area contributed by atoms with Gasteiger partial charge in [-0.15, -0.1) is 0 Å². The van der Waals surface area contributed by atoms with Crippen LogP contribution in [0.25, 0.3) is 0 Å². The van der Waals surface area contributed by atoms with Gasteiger partial charge < -0.3 is 20.0 Å². The van der Waals surface area contributed by atoms with Gasteiger partial charge in [0.2, 0.25) is 5.91 Å². The van der Waals surface area contributed by atoms with Crippen molar-refractivity contribution in [2.24, 2.45) is 4.99 Å². The highest BCUT2D eigenvalue weighted by Gasteiger charge is 2.20. The molecule has 1 aliphatic rings. The number of amides is 1. The molecule has 1 fully saturated rings. The van der Waals surface area contributed by atoms with Crippen LogP contribution in [0.15, 0.2) is 4.99 Å². The molecular weight excluding hydrogens is 278 g/mol. The summed E-state index contributed by atoms with van der Waals surface area (Å²) in [7, 11) is 0. The molecule has 0 atom stereocenters. The van der Waals surface area contributed by atoms with Crippen LogP contribution in [0.2, 0.25) is 0 Å². The number of carbonyl (C=O) groups is 1. The molecule has 1 rings (SSSR count). The van der Waals surface area contributed by atoms with Crippen molar-refractivity contribution in [2.45, 2.75) is 34.1 Å². The Balaban J connectivity index is 2.44. The molecule has 0 bridgehead atoms. The van der Waals surface area contributed by atoms with Crippen LogP contribution < -0.4 is 5.32 Å². The number of carbonyl (C=O) groups excluding carboxylic acids is 1.